The van der Waals surface area contributed by atoms with E-state index in [1.165, 1.54) is 17.6 Å². The molecule has 0 atom stereocenters. The summed E-state index contributed by atoms with van der Waals surface area (Å²) in [4.78, 5) is 11.7. The van der Waals surface area contributed by atoms with Gasteiger partial charge in [-0.2, -0.15) is 0 Å². The van der Waals surface area contributed by atoms with Crippen LogP contribution in [-0.4, -0.2) is 10.6 Å². The average molecular weight is 310 g/mol. The van der Waals surface area contributed by atoms with E-state index in [-0.39, 0.29) is 5.56 Å². The average Bonchev–Trinajstić information content (AvgIpc) is 2.61. The molecule has 0 fully saturated rings. The number of rotatable bonds is 5. The van der Waals surface area contributed by atoms with Gasteiger partial charge < -0.3 is 4.74 Å². The molecule has 2 rings (SSSR count). The summed E-state index contributed by atoms with van der Waals surface area (Å²) in [6.07, 6.45) is 8.95. The van der Waals surface area contributed by atoms with Crippen LogP contribution in [0.25, 0.3) is 0 Å². The Bertz CT molecular complexity index is 649. The predicted octanol–water partition coefficient (Wildman–Crippen LogP) is 3.93. The van der Waals surface area contributed by atoms with E-state index >= 15 is 0 Å². The summed E-state index contributed by atoms with van der Waals surface area (Å²) in [6.45, 7) is 6.95. The zero-order valence-corrected chi connectivity index (χ0v) is 12.8. The highest BCUT2D eigenvalue weighted by atomic mass is 35.5. The molecule has 0 unspecified atom stereocenters. The molecule has 3 nitrogen and oxygen atoms in total. The van der Waals surface area contributed by atoms with Gasteiger partial charge in [-0.1, -0.05) is 36.4 Å². The Morgan fingerprint density at radius 3 is 3.05 bits per heavy atom. The first-order chi connectivity index (χ1) is 9.60. The van der Waals surface area contributed by atoms with Crippen LogP contribution in [0, 0.1) is 0 Å². The lowest BCUT2D eigenvalue weighted by Crippen LogP contribution is -2.12. The normalized spacial score (nSPS) is 14.5. The fourth-order valence-electron chi connectivity index (χ4n) is 1.89. The lowest BCUT2D eigenvalue weighted by atomic mass is 10.1. The zero-order chi connectivity index (χ0) is 14.5. The number of halogens is 1. The SMILES string of the molecule is C=C(OCC)C1=CCC=CC(Cn2sc(Cl)cc2=O)=C1. The summed E-state index contributed by atoms with van der Waals surface area (Å²) >= 11 is 7.11. The molecule has 1 aliphatic rings. The van der Waals surface area contributed by atoms with E-state index in [2.05, 4.69) is 18.7 Å². The molecule has 0 spiro atoms. The Hall–Kier alpha value is -1.52. The van der Waals surface area contributed by atoms with Crippen LogP contribution in [0.1, 0.15) is 13.3 Å². The minimum Gasteiger partial charge on any atom is -0.494 e. The Kier molecular flexibility index (Phi) is 5.04. The van der Waals surface area contributed by atoms with Crippen LogP contribution < -0.4 is 5.56 Å². The van der Waals surface area contributed by atoms with Crippen LogP contribution in [-0.2, 0) is 11.3 Å². The Labute approximate surface area is 127 Å². The molecule has 5 heteroatoms. The first-order valence-electron chi connectivity index (χ1n) is 6.36. The van der Waals surface area contributed by atoms with Crippen molar-refractivity contribution in [3.8, 4) is 0 Å². The van der Waals surface area contributed by atoms with Gasteiger partial charge in [0.1, 0.15) is 10.1 Å². The van der Waals surface area contributed by atoms with Crippen molar-refractivity contribution in [2.45, 2.75) is 19.9 Å². The van der Waals surface area contributed by atoms with Crippen molar-refractivity contribution in [1.29, 1.82) is 0 Å². The fraction of sp³-hybridized carbons (Fsp3) is 0.267. The van der Waals surface area contributed by atoms with Crippen molar-refractivity contribution in [1.82, 2.24) is 3.96 Å². The van der Waals surface area contributed by atoms with E-state index in [9.17, 15) is 4.79 Å². The first-order valence-corrected chi connectivity index (χ1v) is 7.51. The highest BCUT2D eigenvalue weighted by molar-refractivity contribution is 7.11. The largest absolute Gasteiger partial charge is 0.494 e. The number of hydrogen-bond donors (Lipinski definition) is 0. The second-order valence-electron chi connectivity index (χ2n) is 4.29. The van der Waals surface area contributed by atoms with Gasteiger partial charge in [-0.05, 0) is 36.5 Å². The van der Waals surface area contributed by atoms with Gasteiger partial charge >= 0.3 is 0 Å². The van der Waals surface area contributed by atoms with E-state index in [4.69, 9.17) is 16.3 Å². The molecule has 1 aliphatic carbocycles. The molecular weight excluding hydrogens is 294 g/mol. The van der Waals surface area contributed by atoms with Crippen LogP contribution in [0.15, 0.2) is 58.6 Å². The number of aromatic nitrogens is 1. The molecule has 1 aromatic heterocycles. The second kappa shape index (κ2) is 6.77. The van der Waals surface area contributed by atoms with Gasteiger partial charge in [-0.15, -0.1) is 0 Å². The maximum Gasteiger partial charge on any atom is 0.262 e. The maximum absolute atomic E-state index is 11.7. The van der Waals surface area contributed by atoms with Crippen LogP contribution in [0.2, 0.25) is 4.34 Å². The van der Waals surface area contributed by atoms with Gasteiger partial charge in [-0.3, -0.25) is 8.75 Å². The first kappa shape index (κ1) is 14.9. The van der Waals surface area contributed by atoms with E-state index in [1.807, 2.05) is 19.1 Å². The Balaban J connectivity index is 2.21. The lowest BCUT2D eigenvalue weighted by molar-refractivity contribution is 0.240. The smallest absolute Gasteiger partial charge is 0.262 e. The van der Waals surface area contributed by atoms with Crippen molar-refractivity contribution in [3.05, 3.63) is 68.5 Å². The minimum atomic E-state index is -0.0762. The molecule has 0 saturated heterocycles. The lowest BCUT2D eigenvalue weighted by Gasteiger charge is -2.08. The van der Waals surface area contributed by atoms with E-state index in [1.54, 1.807) is 3.96 Å². The van der Waals surface area contributed by atoms with Gasteiger partial charge in [0.25, 0.3) is 5.56 Å². The zero-order valence-electron chi connectivity index (χ0n) is 11.3. The number of hydrogen-bond acceptors (Lipinski definition) is 3. The summed E-state index contributed by atoms with van der Waals surface area (Å²) in [5, 5.41) is 0. The highest BCUT2D eigenvalue weighted by Gasteiger charge is 2.08. The number of allylic oxidation sites excluding steroid dienone is 5. The van der Waals surface area contributed by atoms with Crippen LogP contribution in [0.5, 0.6) is 0 Å². The molecule has 0 amide bonds. The summed E-state index contributed by atoms with van der Waals surface area (Å²) in [7, 11) is 0. The molecule has 1 aromatic rings. The van der Waals surface area contributed by atoms with Gasteiger partial charge in [0.05, 0.1) is 13.2 Å². The second-order valence-corrected chi connectivity index (χ2v) is 5.98. The van der Waals surface area contributed by atoms with Crippen molar-refractivity contribution < 1.29 is 4.74 Å². The van der Waals surface area contributed by atoms with E-state index in [0.29, 0.717) is 23.2 Å². The number of ether oxygens (including phenoxy) is 1. The molecule has 0 aliphatic heterocycles. The summed E-state index contributed by atoms with van der Waals surface area (Å²) in [5.74, 6) is 0.658. The van der Waals surface area contributed by atoms with Crippen LogP contribution >= 0.6 is 23.1 Å². The molecule has 0 bridgehead atoms. The predicted molar refractivity (Wildman–Crippen MR) is 84.3 cm³/mol. The molecule has 0 N–H and O–H groups in total. The fourth-order valence-corrected chi connectivity index (χ4v) is 2.96. The quantitative estimate of drug-likeness (QED) is 0.772. The molecule has 0 saturated carbocycles. The molecule has 0 aromatic carbocycles. The van der Waals surface area contributed by atoms with Crippen molar-refractivity contribution >= 4 is 23.1 Å². The minimum absolute atomic E-state index is 0.0762. The molecular formula is C15H16ClNO2S. The third kappa shape index (κ3) is 3.74. The Morgan fingerprint density at radius 1 is 1.60 bits per heavy atom. The van der Waals surface area contributed by atoms with Gasteiger partial charge in [0, 0.05) is 11.6 Å². The molecule has 1 heterocycles. The van der Waals surface area contributed by atoms with Gasteiger partial charge in [-0.25, -0.2) is 0 Å². The standard InChI is InChI=1S/C15H16ClNO2S/c1-3-19-11(2)13-7-5-4-6-12(8-13)10-17-15(18)9-14(16)20-17/h4,6-9H,2-3,5,10H2,1H3. The topological polar surface area (TPSA) is 31.2 Å². The molecule has 0 radical (unpaired) electrons. The summed E-state index contributed by atoms with van der Waals surface area (Å²) in [6, 6.07) is 1.43. The monoisotopic (exact) mass is 309 g/mol. The third-order valence-electron chi connectivity index (χ3n) is 2.79. The summed E-state index contributed by atoms with van der Waals surface area (Å²) < 4.78 is 7.57. The highest BCUT2D eigenvalue weighted by Crippen LogP contribution is 2.20. The van der Waals surface area contributed by atoms with Crippen molar-refractivity contribution in [2.24, 2.45) is 0 Å². The van der Waals surface area contributed by atoms with E-state index < -0.39 is 0 Å². The summed E-state index contributed by atoms with van der Waals surface area (Å²) in [5.41, 5.74) is 1.91. The van der Waals surface area contributed by atoms with Crippen LogP contribution in [0.3, 0.4) is 0 Å². The van der Waals surface area contributed by atoms with Crippen molar-refractivity contribution in [2.75, 3.05) is 6.61 Å². The maximum atomic E-state index is 11.7. The van der Waals surface area contributed by atoms with Crippen molar-refractivity contribution in [3.63, 3.8) is 0 Å². The van der Waals surface area contributed by atoms with Gasteiger partial charge in [0.15, 0.2) is 0 Å². The molecule has 106 valence electrons. The molecule has 20 heavy (non-hydrogen) atoms. The van der Waals surface area contributed by atoms with Gasteiger partial charge in [0.2, 0.25) is 0 Å². The van der Waals surface area contributed by atoms with E-state index in [0.717, 1.165) is 17.6 Å². The van der Waals surface area contributed by atoms with Crippen LogP contribution in [0.4, 0.5) is 0 Å². The third-order valence-corrected chi connectivity index (χ3v) is 3.93. The Morgan fingerprint density at radius 2 is 2.40 bits per heavy atom. The number of nitrogens with zero attached hydrogens (tertiary/aromatic N) is 1.